The highest BCUT2D eigenvalue weighted by molar-refractivity contribution is 5.92. The third-order valence-electron chi connectivity index (χ3n) is 3.90. The zero-order valence-corrected chi connectivity index (χ0v) is 12.4. The Kier molecular flexibility index (Phi) is 4.98. The highest BCUT2D eigenvalue weighted by Gasteiger charge is 2.15. The van der Waals surface area contributed by atoms with Crippen LogP contribution in [0.15, 0.2) is 18.2 Å². The summed E-state index contributed by atoms with van der Waals surface area (Å²) in [4.78, 5) is 16.6. The number of nitrogens with one attached hydrogen (secondary N) is 1. The summed E-state index contributed by atoms with van der Waals surface area (Å²) in [7, 11) is 2.13. The molecule has 0 atom stereocenters. The van der Waals surface area contributed by atoms with E-state index in [9.17, 15) is 4.79 Å². The van der Waals surface area contributed by atoms with E-state index in [1.165, 1.54) is 0 Å². The molecular weight excluding hydrogens is 252 g/mol. The number of hydrogen-bond acceptors (Lipinski definition) is 4. The predicted molar refractivity (Wildman–Crippen MR) is 82.8 cm³/mol. The molecule has 0 spiro atoms. The minimum Gasteiger partial charge on any atom is -0.398 e. The van der Waals surface area contributed by atoms with Gasteiger partial charge in [0, 0.05) is 50.5 Å². The van der Waals surface area contributed by atoms with Crippen molar-refractivity contribution in [2.75, 3.05) is 50.8 Å². The Bertz CT molecular complexity index is 467. The number of nitrogens with two attached hydrogens (primary N) is 1. The first-order valence-corrected chi connectivity index (χ1v) is 7.12. The van der Waals surface area contributed by atoms with Crippen LogP contribution in [-0.4, -0.2) is 55.5 Å². The van der Waals surface area contributed by atoms with E-state index in [1.54, 1.807) is 0 Å². The van der Waals surface area contributed by atoms with Gasteiger partial charge in [0.2, 0.25) is 5.91 Å². The molecule has 0 aromatic heterocycles. The summed E-state index contributed by atoms with van der Waals surface area (Å²) in [6, 6.07) is 5.59. The third kappa shape index (κ3) is 3.95. The zero-order chi connectivity index (χ0) is 14.5. The molecule has 1 aliphatic rings. The summed E-state index contributed by atoms with van der Waals surface area (Å²) in [6.07, 6.45) is 0.526. The lowest BCUT2D eigenvalue weighted by Gasteiger charge is -2.32. The first-order chi connectivity index (χ1) is 9.56. The molecule has 1 amide bonds. The smallest absolute Gasteiger partial charge is 0.225 e. The zero-order valence-electron chi connectivity index (χ0n) is 12.4. The van der Waals surface area contributed by atoms with Crippen LogP contribution in [-0.2, 0) is 4.79 Å². The number of hydrogen-bond donors (Lipinski definition) is 2. The van der Waals surface area contributed by atoms with E-state index in [0.717, 1.165) is 44.0 Å². The van der Waals surface area contributed by atoms with Crippen molar-refractivity contribution in [3.05, 3.63) is 23.8 Å². The Hall–Kier alpha value is -1.59. The average Bonchev–Trinajstić information content (AvgIpc) is 2.43. The van der Waals surface area contributed by atoms with E-state index in [4.69, 9.17) is 5.73 Å². The average molecular weight is 276 g/mol. The summed E-state index contributed by atoms with van der Waals surface area (Å²) in [5.41, 5.74) is 8.29. The van der Waals surface area contributed by atoms with E-state index in [0.29, 0.717) is 12.1 Å². The molecule has 5 nitrogen and oxygen atoms in total. The number of carbonyl (C=O) groups excluding carboxylic acids is 1. The Balaban J connectivity index is 1.79. The van der Waals surface area contributed by atoms with E-state index in [1.807, 2.05) is 25.1 Å². The molecule has 1 heterocycles. The first-order valence-electron chi connectivity index (χ1n) is 7.12. The number of carbonyl (C=O) groups is 1. The van der Waals surface area contributed by atoms with Crippen LogP contribution in [0.25, 0.3) is 0 Å². The van der Waals surface area contributed by atoms with Crippen molar-refractivity contribution in [2.45, 2.75) is 13.3 Å². The molecule has 3 N–H and O–H groups in total. The highest BCUT2D eigenvalue weighted by atomic mass is 16.1. The van der Waals surface area contributed by atoms with Crippen LogP contribution < -0.4 is 11.1 Å². The number of nitrogens with zero attached hydrogens (tertiary/aromatic N) is 2. The number of nitrogen functional groups attached to an aromatic ring is 1. The lowest BCUT2D eigenvalue weighted by molar-refractivity contribution is -0.116. The van der Waals surface area contributed by atoms with Crippen molar-refractivity contribution in [1.82, 2.24) is 9.80 Å². The van der Waals surface area contributed by atoms with Crippen LogP contribution in [0, 0.1) is 6.92 Å². The van der Waals surface area contributed by atoms with E-state index >= 15 is 0 Å². The molecule has 0 aliphatic carbocycles. The van der Waals surface area contributed by atoms with Gasteiger partial charge in [-0.25, -0.2) is 0 Å². The first kappa shape index (κ1) is 14.8. The summed E-state index contributed by atoms with van der Waals surface area (Å²) in [6.45, 7) is 6.99. The van der Waals surface area contributed by atoms with Gasteiger partial charge in [0.1, 0.15) is 0 Å². The number of benzene rings is 1. The van der Waals surface area contributed by atoms with Crippen LogP contribution in [0.4, 0.5) is 11.4 Å². The molecule has 0 bridgehead atoms. The second-order valence-electron chi connectivity index (χ2n) is 5.46. The minimum atomic E-state index is 0.0534. The molecule has 0 radical (unpaired) electrons. The molecule has 1 aromatic rings. The Morgan fingerprint density at radius 1 is 1.30 bits per heavy atom. The fourth-order valence-electron chi connectivity index (χ4n) is 2.33. The maximum atomic E-state index is 12.0. The quantitative estimate of drug-likeness (QED) is 0.810. The van der Waals surface area contributed by atoms with Crippen molar-refractivity contribution in [3.8, 4) is 0 Å². The molecule has 110 valence electrons. The molecule has 1 aromatic carbocycles. The van der Waals surface area contributed by atoms with Gasteiger partial charge in [-0.15, -0.1) is 0 Å². The molecule has 5 heteroatoms. The van der Waals surface area contributed by atoms with Gasteiger partial charge in [-0.1, -0.05) is 6.07 Å². The van der Waals surface area contributed by atoms with Gasteiger partial charge in [0.05, 0.1) is 0 Å². The number of likely N-dealkylation sites (N-methyl/N-ethyl adjacent to an activating group) is 1. The van der Waals surface area contributed by atoms with Crippen LogP contribution in [0.5, 0.6) is 0 Å². The van der Waals surface area contributed by atoms with Gasteiger partial charge in [-0.05, 0) is 31.7 Å². The topological polar surface area (TPSA) is 61.6 Å². The lowest BCUT2D eigenvalue weighted by Crippen LogP contribution is -2.45. The van der Waals surface area contributed by atoms with Gasteiger partial charge < -0.3 is 20.9 Å². The summed E-state index contributed by atoms with van der Waals surface area (Å²) in [5.74, 6) is 0.0534. The van der Waals surface area contributed by atoms with Crippen molar-refractivity contribution >= 4 is 17.3 Å². The van der Waals surface area contributed by atoms with Crippen molar-refractivity contribution in [2.24, 2.45) is 0 Å². The Labute approximate surface area is 120 Å². The van der Waals surface area contributed by atoms with Crippen molar-refractivity contribution in [3.63, 3.8) is 0 Å². The van der Waals surface area contributed by atoms with Crippen LogP contribution in [0.2, 0.25) is 0 Å². The lowest BCUT2D eigenvalue weighted by atomic mass is 10.1. The minimum absolute atomic E-state index is 0.0534. The predicted octanol–water partition coefficient (Wildman–Crippen LogP) is 1.15. The third-order valence-corrected chi connectivity index (χ3v) is 3.90. The molecule has 2 rings (SSSR count). The Morgan fingerprint density at radius 3 is 2.70 bits per heavy atom. The molecule has 1 saturated heterocycles. The molecule has 0 saturated carbocycles. The van der Waals surface area contributed by atoms with E-state index in [2.05, 4.69) is 22.2 Å². The maximum Gasteiger partial charge on any atom is 0.225 e. The fourth-order valence-corrected chi connectivity index (χ4v) is 2.33. The van der Waals surface area contributed by atoms with Gasteiger partial charge >= 0.3 is 0 Å². The van der Waals surface area contributed by atoms with Gasteiger partial charge in [-0.2, -0.15) is 0 Å². The number of anilines is 2. The number of amides is 1. The maximum absolute atomic E-state index is 12.0. The van der Waals surface area contributed by atoms with E-state index < -0.39 is 0 Å². The molecular formula is C15H24N4O. The second kappa shape index (κ2) is 6.72. The van der Waals surface area contributed by atoms with E-state index in [-0.39, 0.29) is 5.91 Å². The fraction of sp³-hybridized carbons (Fsp3) is 0.533. The second-order valence-corrected chi connectivity index (χ2v) is 5.46. The normalized spacial score (nSPS) is 17.1. The van der Waals surface area contributed by atoms with Crippen LogP contribution in [0.1, 0.15) is 12.0 Å². The number of rotatable bonds is 4. The molecule has 20 heavy (non-hydrogen) atoms. The Morgan fingerprint density at radius 2 is 2.00 bits per heavy atom. The van der Waals surface area contributed by atoms with Gasteiger partial charge in [-0.3, -0.25) is 4.79 Å². The summed E-state index contributed by atoms with van der Waals surface area (Å²) >= 11 is 0. The van der Waals surface area contributed by atoms with Crippen molar-refractivity contribution < 1.29 is 4.79 Å². The SMILES string of the molecule is Cc1c(N)cccc1NC(=O)CCN1CCN(C)CC1. The monoisotopic (exact) mass is 276 g/mol. The van der Waals surface area contributed by atoms with Crippen molar-refractivity contribution in [1.29, 1.82) is 0 Å². The molecule has 0 unspecified atom stereocenters. The largest absolute Gasteiger partial charge is 0.398 e. The standard InChI is InChI=1S/C15H24N4O/c1-12-13(16)4-3-5-14(12)17-15(20)6-7-19-10-8-18(2)9-11-19/h3-5H,6-11,16H2,1-2H3,(H,17,20). The number of piperazine rings is 1. The van der Waals surface area contributed by atoms with Gasteiger partial charge in [0.25, 0.3) is 0 Å². The van der Waals surface area contributed by atoms with Crippen LogP contribution >= 0.6 is 0 Å². The molecule has 1 fully saturated rings. The molecule has 1 aliphatic heterocycles. The van der Waals surface area contributed by atoms with Gasteiger partial charge in [0.15, 0.2) is 0 Å². The summed E-state index contributed by atoms with van der Waals surface area (Å²) < 4.78 is 0. The highest BCUT2D eigenvalue weighted by Crippen LogP contribution is 2.20. The summed E-state index contributed by atoms with van der Waals surface area (Å²) in [5, 5.41) is 2.94. The van der Waals surface area contributed by atoms with Crippen LogP contribution in [0.3, 0.4) is 0 Å².